The number of fused-ring (bicyclic) bond motifs is 1. The number of anilines is 2. The Hall–Kier alpha value is -2.33. The number of nitrogens with one attached hydrogen (secondary N) is 2. The summed E-state index contributed by atoms with van der Waals surface area (Å²) in [6.07, 6.45) is 3.25. The molecule has 4 heterocycles. The Morgan fingerprint density at radius 1 is 1.44 bits per heavy atom. The van der Waals surface area contributed by atoms with Crippen LogP contribution in [0.15, 0.2) is 6.33 Å². The summed E-state index contributed by atoms with van der Waals surface area (Å²) in [7, 11) is 0. The van der Waals surface area contributed by atoms with Gasteiger partial charge in [-0.1, -0.05) is 11.3 Å². The van der Waals surface area contributed by atoms with Gasteiger partial charge in [0.05, 0.1) is 12.2 Å². The third-order valence-corrected chi connectivity index (χ3v) is 5.01. The van der Waals surface area contributed by atoms with E-state index in [9.17, 15) is 4.79 Å². The Bertz CT molecular complexity index is 925. The standard InChI is InChI=1S/C14H15ClN8OS/c1-7-21-22-14(25-7)20-12(24)8-3-2-4-23(5-8)11-9-10(17-6-16-9)18-13(15)19-11/h6,8H,2-5H2,1H3,(H,20,22,24)(H,16,17,18,19)/t8-/m0/s1. The number of aromatic amines is 1. The van der Waals surface area contributed by atoms with Crippen molar-refractivity contribution < 1.29 is 4.79 Å². The number of aromatic nitrogens is 6. The molecule has 0 spiro atoms. The van der Waals surface area contributed by atoms with Crippen molar-refractivity contribution >= 4 is 51.0 Å². The summed E-state index contributed by atoms with van der Waals surface area (Å²) in [5.74, 6) is 0.461. The van der Waals surface area contributed by atoms with Gasteiger partial charge in [-0.15, -0.1) is 10.2 Å². The molecule has 11 heteroatoms. The molecule has 0 aliphatic carbocycles. The molecule has 3 aromatic heterocycles. The maximum absolute atomic E-state index is 12.6. The van der Waals surface area contributed by atoms with Crippen molar-refractivity contribution in [2.24, 2.45) is 5.92 Å². The Morgan fingerprint density at radius 2 is 2.32 bits per heavy atom. The van der Waals surface area contributed by atoms with E-state index in [4.69, 9.17) is 11.6 Å². The number of halogens is 1. The van der Waals surface area contributed by atoms with Crippen molar-refractivity contribution in [3.8, 4) is 0 Å². The average molecular weight is 379 g/mol. The van der Waals surface area contributed by atoms with Crippen molar-refractivity contribution in [2.75, 3.05) is 23.3 Å². The fourth-order valence-electron chi connectivity index (χ4n) is 2.96. The fourth-order valence-corrected chi connectivity index (χ4v) is 3.71. The van der Waals surface area contributed by atoms with E-state index in [1.54, 1.807) is 6.33 Å². The predicted octanol–water partition coefficient (Wildman–Crippen LogP) is 2.02. The van der Waals surface area contributed by atoms with Gasteiger partial charge in [0.2, 0.25) is 16.3 Å². The molecule has 25 heavy (non-hydrogen) atoms. The quantitative estimate of drug-likeness (QED) is 0.670. The number of rotatable bonds is 3. The van der Waals surface area contributed by atoms with Gasteiger partial charge < -0.3 is 15.2 Å². The van der Waals surface area contributed by atoms with E-state index in [0.717, 1.165) is 29.9 Å². The number of H-pyrrole nitrogens is 1. The van der Waals surface area contributed by atoms with Gasteiger partial charge in [0, 0.05) is 13.1 Å². The molecule has 1 aliphatic rings. The molecule has 0 aromatic carbocycles. The Kier molecular flexibility index (Phi) is 4.22. The van der Waals surface area contributed by atoms with Crippen LogP contribution in [-0.2, 0) is 4.79 Å². The van der Waals surface area contributed by atoms with Crippen LogP contribution >= 0.6 is 22.9 Å². The van der Waals surface area contributed by atoms with Gasteiger partial charge in [-0.25, -0.2) is 4.98 Å². The third-order valence-electron chi connectivity index (χ3n) is 4.09. The number of hydrogen-bond acceptors (Lipinski definition) is 8. The minimum Gasteiger partial charge on any atom is -0.354 e. The minimum absolute atomic E-state index is 0.0538. The zero-order valence-corrected chi connectivity index (χ0v) is 14.9. The number of piperidine rings is 1. The summed E-state index contributed by atoms with van der Waals surface area (Å²) >= 11 is 7.38. The van der Waals surface area contributed by atoms with E-state index in [0.29, 0.717) is 23.1 Å². The smallest absolute Gasteiger partial charge is 0.231 e. The highest BCUT2D eigenvalue weighted by atomic mass is 35.5. The second kappa shape index (κ2) is 6.52. The molecule has 9 nitrogen and oxygen atoms in total. The zero-order valence-electron chi connectivity index (χ0n) is 13.4. The number of hydrogen-bond donors (Lipinski definition) is 2. The first-order chi connectivity index (χ1) is 12.1. The van der Waals surface area contributed by atoms with Crippen LogP contribution in [0.1, 0.15) is 17.8 Å². The molecule has 3 aromatic rings. The molecular formula is C14H15ClN8OS. The number of imidazole rings is 1. The second-order valence-corrected chi connectivity index (χ2v) is 7.34. The fraction of sp³-hybridized carbons (Fsp3) is 0.429. The lowest BCUT2D eigenvalue weighted by atomic mass is 9.97. The highest BCUT2D eigenvalue weighted by Crippen LogP contribution is 2.28. The van der Waals surface area contributed by atoms with Crippen LogP contribution in [-0.4, -0.2) is 49.1 Å². The van der Waals surface area contributed by atoms with E-state index in [-0.39, 0.29) is 17.1 Å². The maximum Gasteiger partial charge on any atom is 0.231 e. The summed E-state index contributed by atoms with van der Waals surface area (Å²) in [6, 6.07) is 0. The monoisotopic (exact) mass is 378 g/mol. The van der Waals surface area contributed by atoms with E-state index in [1.165, 1.54) is 11.3 Å². The topological polar surface area (TPSA) is 113 Å². The Morgan fingerprint density at radius 3 is 3.12 bits per heavy atom. The van der Waals surface area contributed by atoms with Gasteiger partial charge in [0.25, 0.3) is 0 Å². The van der Waals surface area contributed by atoms with Crippen LogP contribution in [0.3, 0.4) is 0 Å². The zero-order chi connectivity index (χ0) is 17.4. The SMILES string of the molecule is Cc1nnc(NC(=O)[C@H]2CCCN(c3nc(Cl)nc4nc[nH]c34)C2)s1. The lowest BCUT2D eigenvalue weighted by Crippen LogP contribution is -2.41. The first-order valence-corrected chi connectivity index (χ1v) is 9.02. The molecule has 4 rings (SSSR count). The first-order valence-electron chi connectivity index (χ1n) is 7.82. The van der Waals surface area contributed by atoms with Crippen LogP contribution in [0.5, 0.6) is 0 Å². The summed E-state index contributed by atoms with van der Waals surface area (Å²) in [4.78, 5) is 30.2. The average Bonchev–Trinajstić information content (AvgIpc) is 3.23. The van der Waals surface area contributed by atoms with Crippen LogP contribution < -0.4 is 10.2 Å². The maximum atomic E-state index is 12.6. The van der Waals surface area contributed by atoms with E-state index >= 15 is 0 Å². The lowest BCUT2D eigenvalue weighted by Gasteiger charge is -2.32. The number of carbonyl (C=O) groups is 1. The molecule has 0 unspecified atom stereocenters. The largest absolute Gasteiger partial charge is 0.354 e. The predicted molar refractivity (Wildman–Crippen MR) is 94.9 cm³/mol. The van der Waals surface area contributed by atoms with E-state index < -0.39 is 0 Å². The van der Waals surface area contributed by atoms with Gasteiger partial charge in [0.15, 0.2) is 11.5 Å². The van der Waals surface area contributed by atoms with E-state index in [1.807, 2.05) is 11.8 Å². The van der Waals surface area contributed by atoms with Gasteiger partial charge in [-0.2, -0.15) is 9.97 Å². The number of amides is 1. The van der Waals surface area contributed by atoms with Gasteiger partial charge in [0.1, 0.15) is 10.5 Å². The normalized spacial score (nSPS) is 17.8. The summed E-state index contributed by atoms with van der Waals surface area (Å²) in [5, 5.41) is 12.2. The summed E-state index contributed by atoms with van der Waals surface area (Å²) < 4.78 is 0. The van der Waals surface area contributed by atoms with Crippen molar-refractivity contribution in [2.45, 2.75) is 19.8 Å². The van der Waals surface area contributed by atoms with Crippen molar-refractivity contribution in [1.82, 2.24) is 30.1 Å². The van der Waals surface area contributed by atoms with Crippen LogP contribution in [0, 0.1) is 12.8 Å². The van der Waals surface area contributed by atoms with Crippen LogP contribution in [0.4, 0.5) is 10.9 Å². The summed E-state index contributed by atoms with van der Waals surface area (Å²) in [6.45, 7) is 3.19. The lowest BCUT2D eigenvalue weighted by molar-refractivity contribution is -0.120. The summed E-state index contributed by atoms with van der Waals surface area (Å²) in [5.41, 5.74) is 1.25. The Labute approximate surface area is 151 Å². The molecular weight excluding hydrogens is 364 g/mol. The Balaban J connectivity index is 1.54. The van der Waals surface area contributed by atoms with Gasteiger partial charge in [-0.3, -0.25) is 4.79 Å². The van der Waals surface area contributed by atoms with Crippen LogP contribution in [0.25, 0.3) is 11.2 Å². The molecule has 1 saturated heterocycles. The van der Waals surface area contributed by atoms with Gasteiger partial charge >= 0.3 is 0 Å². The van der Waals surface area contributed by atoms with Crippen LogP contribution in [0.2, 0.25) is 5.28 Å². The minimum atomic E-state index is -0.162. The number of aryl methyl sites for hydroxylation is 1. The first kappa shape index (κ1) is 16.2. The molecule has 0 bridgehead atoms. The molecule has 1 atom stereocenters. The molecule has 0 radical (unpaired) electrons. The second-order valence-electron chi connectivity index (χ2n) is 5.82. The molecule has 1 fully saturated rings. The van der Waals surface area contributed by atoms with Crippen molar-refractivity contribution in [3.63, 3.8) is 0 Å². The number of carbonyl (C=O) groups excluding carboxylic acids is 1. The van der Waals surface area contributed by atoms with Crippen molar-refractivity contribution in [1.29, 1.82) is 0 Å². The molecule has 1 amide bonds. The molecule has 0 saturated carbocycles. The highest BCUT2D eigenvalue weighted by molar-refractivity contribution is 7.15. The van der Waals surface area contributed by atoms with Crippen molar-refractivity contribution in [3.05, 3.63) is 16.6 Å². The van der Waals surface area contributed by atoms with Gasteiger partial charge in [-0.05, 0) is 31.4 Å². The van der Waals surface area contributed by atoms with E-state index in [2.05, 4.69) is 35.5 Å². The number of nitrogens with zero attached hydrogens (tertiary/aromatic N) is 6. The molecule has 2 N–H and O–H groups in total. The molecule has 130 valence electrons. The third kappa shape index (κ3) is 3.27. The highest BCUT2D eigenvalue weighted by Gasteiger charge is 2.28. The molecule has 1 aliphatic heterocycles.